The number of rotatable bonds is 5. The second-order valence-corrected chi connectivity index (χ2v) is 11.6. The molecule has 1 aromatic carbocycles. The Morgan fingerprint density at radius 2 is 1.86 bits per heavy atom. The van der Waals surface area contributed by atoms with E-state index in [-0.39, 0.29) is 23.2 Å². The van der Waals surface area contributed by atoms with Gasteiger partial charge < -0.3 is 9.80 Å². The van der Waals surface area contributed by atoms with Crippen molar-refractivity contribution in [1.82, 2.24) is 19.5 Å². The molecular formula is C24H29ClN6O3S. The van der Waals surface area contributed by atoms with E-state index < -0.39 is 10.0 Å². The highest BCUT2D eigenvalue weighted by molar-refractivity contribution is 7.92. The molecule has 1 unspecified atom stereocenters. The van der Waals surface area contributed by atoms with E-state index >= 15 is 0 Å². The fraction of sp³-hybridized carbons (Fsp3) is 0.458. The quantitative estimate of drug-likeness (QED) is 0.549. The minimum Gasteiger partial charge on any atom is -0.355 e. The van der Waals surface area contributed by atoms with Crippen LogP contribution in [-0.4, -0.2) is 59.7 Å². The molecule has 0 bridgehead atoms. The Kier molecular flexibility index (Phi) is 6.35. The lowest BCUT2D eigenvalue weighted by atomic mass is 9.98. The summed E-state index contributed by atoms with van der Waals surface area (Å²) in [4.78, 5) is 22.7. The summed E-state index contributed by atoms with van der Waals surface area (Å²) in [5.74, 6) is 0.672. The SMILES string of the molecule is Cc1cc(N2CCCC2)nn2cc(C3CCCCN3C(=O)c3cc(Cl)ccc3NS(C)(=O)=O)nc12. The Bertz CT molecular complexity index is 1380. The van der Waals surface area contributed by atoms with Gasteiger partial charge in [0.25, 0.3) is 5.91 Å². The molecule has 0 radical (unpaired) electrons. The van der Waals surface area contributed by atoms with Crippen molar-refractivity contribution in [3.8, 4) is 0 Å². The van der Waals surface area contributed by atoms with E-state index in [1.807, 2.05) is 17.6 Å². The third-order valence-corrected chi connectivity index (χ3v) is 7.48. The molecule has 2 saturated heterocycles. The van der Waals surface area contributed by atoms with Crippen LogP contribution in [0.25, 0.3) is 5.65 Å². The van der Waals surface area contributed by atoms with E-state index in [4.69, 9.17) is 21.7 Å². The first-order valence-corrected chi connectivity index (χ1v) is 14.2. The van der Waals surface area contributed by atoms with E-state index in [9.17, 15) is 13.2 Å². The number of carbonyl (C=O) groups excluding carboxylic acids is 1. The molecule has 1 atom stereocenters. The second kappa shape index (κ2) is 9.31. The maximum atomic E-state index is 13.7. The van der Waals surface area contributed by atoms with Crippen molar-refractivity contribution in [2.75, 3.05) is 35.5 Å². The molecule has 5 rings (SSSR count). The van der Waals surface area contributed by atoms with Crippen molar-refractivity contribution in [3.05, 3.63) is 52.3 Å². The van der Waals surface area contributed by atoms with Crippen LogP contribution < -0.4 is 9.62 Å². The smallest absolute Gasteiger partial charge is 0.256 e. The number of amides is 1. The molecule has 35 heavy (non-hydrogen) atoms. The van der Waals surface area contributed by atoms with Gasteiger partial charge in [0.1, 0.15) is 5.82 Å². The Hall–Kier alpha value is -2.85. The lowest BCUT2D eigenvalue weighted by Gasteiger charge is -2.35. The minimum atomic E-state index is -3.57. The topological polar surface area (TPSA) is 99.9 Å². The number of hydrogen-bond acceptors (Lipinski definition) is 6. The summed E-state index contributed by atoms with van der Waals surface area (Å²) in [5, 5.41) is 5.17. The first kappa shape index (κ1) is 23.9. The van der Waals surface area contributed by atoms with E-state index in [1.54, 1.807) is 11.0 Å². The lowest BCUT2D eigenvalue weighted by Crippen LogP contribution is -2.39. The van der Waals surface area contributed by atoms with Crippen LogP contribution in [0, 0.1) is 6.92 Å². The van der Waals surface area contributed by atoms with Crippen LogP contribution in [0.4, 0.5) is 11.5 Å². The minimum absolute atomic E-state index is 0.217. The number of halogens is 1. The predicted octanol–water partition coefficient (Wildman–Crippen LogP) is 4.03. The van der Waals surface area contributed by atoms with E-state index in [0.717, 1.165) is 61.3 Å². The van der Waals surface area contributed by atoms with Gasteiger partial charge in [-0.05, 0) is 68.9 Å². The number of sulfonamides is 1. The highest BCUT2D eigenvalue weighted by atomic mass is 35.5. The van der Waals surface area contributed by atoms with Gasteiger partial charge in [-0.3, -0.25) is 9.52 Å². The van der Waals surface area contributed by atoms with Gasteiger partial charge in [-0.25, -0.2) is 17.9 Å². The molecular weight excluding hydrogens is 488 g/mol. The van der Waals surface area contributed by atoms with E-state index in [2.05, 4.69) is 15.7 Å². The molecule has 1 N–H and O–H groups in total. The molecule has 2 aliphatic heterocycles. The number of likely N-dealkylation sites (tertiary alicyclic amines) is 1. The molecule has 2 fully saturated rings. The number of aryl methyl sites for hydroxylation is 1. The standard InChI is InChI=1S/C24H29ClN6O3S/c1-16-13-22(29-10-5-6-11-29)27-31-15-20(26-23(16)31)21-7-3-4-12-30(21)24(32)18-14-17(25)8-9-19(18)28-35(2,33)34/h8-9,13-15,21,28H,3-7,10-12H2,1-2H3. The second-order valence-electron chi connectivity index (χ2n) is 9.39. The van der Waals surface area contributed by atoms with Gasteiger partial charge in [0.2, 0.25) is 10.0 Å². The highest BCUT2D eigenvalue weighted by Gasteiger charge is 2.32. The van der Waals surface area contributed by atoms with Crippen LogP contribution in [0.1, 0.15) is 59.8 Å². The van der Waals surface area contributed by atoms with Crippen molar-refractivity contribution in [2.45, 2.75) is 45.1 Å². The summed E-state index contributed by atoms with van der Waals surface area (Å²) in [7, 11) is -3.57. The first-order chi connectivity index (χ1) is 16.7. The molecule has 4 heterocycles. The van der Waals surface area contributed by atoms with Crippen molar-refractivity contribution >= 4 is 44.7 Å². The van der Waals surface area contributed by atoms with Crippen molar-refractivity contribution in [2.24, 2.45) is 0 Å². The fourth-order valence-electron chi connectivity index (χ4n) is 5.01. The zero-order valence-electron chi connectivity index (χ0n) is 19.9. The third kappa shape index (κ3) is 4.95. The van der Waals surface area contributed by atoms with Crippen molar-refractivity contribution < 1.29 is 13.2 Å². The number of carbonyl (C=O) groups is 1. The zero-order valence-corrected chi connectivity index (χ0v) is 21.4. The Morgan fingerprint density at radius 1 is 1.11 bits per heavy atom. The number of imidazole rings is 1. The Morgan fingerprint density at radius 3 is 2.60 bits per heavy atom. The number of fused-ring (bicyclic) bond motifs is 1. The molecule has 186 valence electrons. The summed E-state index contributed by atoms with van der Waals surface area (Å²) in [6, 6.07) is 6.44. The molecule has 3 aromatic rings. The van der Waals surface area contributed by atoms with Gasteiger partial charge in [0.15, 0.2) is 5.65 Å². The Balaban J connectivity index is 1.50. The van der Waals surface area contributed by atoms with E-state index in [0.29, 0.717) is 11.6 Å². The zero-order chi connectivity index (χ0) is 24.7. The van der Waals surface area contributed by atoms with Gasteiger partial charge in [-0.1, -0.05) is 11.6 Å². The molecule has 11 heteroatoms. The Labute approximate surface area is 210 Å². The summed E-state index contributed by atoms with van der Waals surface area (Å²) >= 11 is 6.19. The molecule has 9 nitrogen and oxygen atoms in total. The van der Waals surface area contributed by atoms with Crippen LogP contribution in [0.3, 0.4) is 0 Å². The predicted molar refractivity (Wildman–Crippen MR) is 137 cm³/mol. The normalized spacial score (nSPS) is 18.9. The van der Waals surface area contributed by atoms with Crippen molar-refractivity contribution in [1.29, 1.82) is 0 Å². The largest absolute Gasteiger partial charge is 0.355 e. The first-order valence-electron chi connectivity index (χ1n) is 11.9. The lowest BCUT2D eigenvalue weighted by molar-refractivity contribution is 0.0608. The highest BCUT2D eigenvalue weighted by Crippen LogP contribution is 2.34. The monoisotopic (exact) mass is 516 g/mol. The van der Waals surface area contributed by atoms with Crippen LogP contribution in [0.5, 0.6) is 0 Å². The summed E-state index contributed by atoms with van der Waals surface area (Å²) in [6.07, 6.45) is 7.93. The maximum Gasteiger partial charge on any atom is 0.256 e. The van der Waals surface area contributed by atoms with Crippen LogP contribution in [-0.2, 0) is 10.0 Å². The average Bonchev–Trinajstić information content (AvgIpc) is 3.49. The average molecular weight is 517 g/mol. The van der Waals surface area contributed by atoms with Gasteiger partial charge >= 0.3 is 0 Å². The van der Waals surface area contributed by atoms with Gasteiger partial charge in [0.05, 0.1) is 35.4 Å². The number of hydrogen-bond donors (Lipinski definition) is 1. The molecule has 0 saturated carbocycles. The molecule has 1 amide bonds. The number of anilines is 2. The third-order valence-electron chi connectivity index (χ3n) is 6.66. The van der Waals surface area contributed by atoms with Crippen LogP contribution in [0.15, 0.2) is 30.5 Å². The number of aromatic nitrogens is 3. The number of nitrogens with zero attached hydrogens (tertiary/aromatic N) is 5. The number of piperidine rings is 1. The number of nitrogens with one attached hydrogen (secondary N) is 1. The van der Waals surface area contributed by atoms with Gasteiger partial charge in [0, 0.05) is 24.7 Å². The van der Waals surface area contributed by atoms with Crippen LogP contribution >= 0.6 is 11.6 Å². The van der Waals surface area contributed by atoms with Crippen LogP contribution in [0.2, 0.25) is 5.02 Å². The van der Waals surface area contributed by atoms with Gasteiger partial charge in [-0.15, -0.1) is 5.10 Å². The maximum absolute atomic E-state index is 13.7. The summed E-state index contributed by atoms with van der Waals surface area (Å²) < 4.78 is 28.0. The molecule has 2 aliphatic rings. The number of benzene rings is 1. The van der Waals surface area contributed by atoms with Crippen molar-refractivity contribution in [3.63, 3.8) is 0 Å². The van der Waals surface area contributed by atoms with E-state index in [1.165, 1.54) is 25.0 Å². The summed E-state index contributed by atoms with van der Waals surface area (Å²) in [5.41, 5.74) is 3.05. The molecule has 0 aliphatic carbocycles. The molecule has 0 spiro atoms. The molecule has 2 aromatic heterocycles. The van der Waals surface area contributed by atoms with Gasteiger partial charge in [-0.2, -0.15) is 0 Å². The fourth-order valence-corrected chi connectivity index (χ4v) is 5.76. The summed E-state index contributed by atoms with van der Waals surface area (Å²) in [6.45, 7) is 4.60.